The Morgan fingerprint density at radius 1 is 1.12 bits per heavy atom. The summed E-state index contributed by atoms with van der Waals surface area (Å²) in [5, 5.41) is 20.6. The topological polar surface area (TPSA) is 99.1 Å². The first-order chi connectivity index (χ1) is 15.4. The number of hydrazine groups is 1. The molecule has 2 rings (SSSR count). The van der Waals surface area contributed by atoms with Gasteiger partial charge in [0.05, 0.1) is 18.4 Å². The van der Waals surface area contributed by atoms with Crippen LogP contribution in [0.5, 0.6) is 0 Å². The molecule has 0 bridgehead atoms. The molecule has 1 unspecified atom stereocenters. The second-order valence-electron chi connectivity index (χ2n) is 7.65. The monoisotopic (exact) mass is 462 g/mol. The highest BCUT2D eigenvalue weighted by molar-refractivity contribution is 7.13. The lowest BCUT2D eigenvalue weighted by atomic mass is 10.0. The average molecular weight is 463 g/mol. The smallest absolute Gasteiger partial charge is 0.348 e. The standard InChI is InChI=1S/C24H34N2O5S/c1-3-4-5-8-22(29)19-9-11-20(12-10-19)25-26(18(2)28)15-6-7-21-13-14-23(32-21)24(30)31-17-16-27/h9-14,22,25,27,29H,3-8,15-17H2,1-2H3. The van der Waals surface area contributed by atoms with Gasteiger partial charge < -0.3 is 14.9 Å². The summed E-state index contributed by atoms with van der Waals surface area (Å²) in [5.74, 6) is -0.519. The van der Waals surface area contributed by atoms with E-state index < -0.39 is 12.1 Å². The Bertz CT molecular complexity index is 837. The van der Waals surface area contributed by atoms with E-state index in [0.29, 0.717) is 11.4 Å². The van der Waals surface area contributed by atoms with Crippen LogP contribution < -0.4 is 5.43 Å². The zero-order valence-corrected chi connectivity index (χ0v) is 19.7. The summed E-state index contributed by atoms with van der Waals surface area (Å²) in [5.41, 5.74) is 4.81. The third-order valence-electron chi connectivity index (χ3n) is 5.01. The lowest BCUT2D eigenvalue weighted by Gasteiger charge is -2.23. The molecule has 0 spiro atoms. The van der Waals surface area contributed by atoms with Crippen molar-refractivity contribution in [2.45, 2.75) is 58.5 Å². The number of unbranched alkanes of at least 4 members (excludes halogenated alkanes) is 2. The number of rotatable bonds is 14. The molecule has 1 heterocycles. The van der Waals surface area contributed by atoms with Crippen molar-refractivity contribution < 1.29 is 24.5 Å². The predicted molar refractivity (Wildman–Crippen MR) is 127 cm³/mol. The Kier molecular flexibility index (Phi) is 11.2. The number of amides is 1. The molecule has 8 heteroatoms. The van der Waals surface area contributed by atoms with Crippen molar-refractivity contribution in [2.75, 3.05) is 25.2 Å². The maximum Gasteiger partial charge on any atom is 0.348 e. The lowest BCUT2D eigenvalue weighted by molar-refractivity contribution is -0.127. The second kappa shape index (κ2) is 13.9. The van der Waals surface area contributed by atoms with E-state index >= 15 is 0 Å². The minimum Gasteiger partial charge on any atom is -0.459 e. The van der Waals surface area contributed by atoms with Crippen LogP contribution in [0.4, 0.5) is 5.69 Å². The van der Waals surface area contributed by atoms with Crippen LogP contribution in [0.1, 0.15) is 72.2 Å². The van der Waals surface area contributed by atoms with Crippen LogP contribution in [0.15, 0.2) is 36.4 Å². The highest BCUT2D eigenvalue weighted by atomic mass is 32.1. The van der Waals surface area contributed by atoms with Gasteiger partial charge in [0.1, 0.15) is 11.5 Å². The van der Waals surface area contributed by atoms with Gasteiger partial charge in [-0.2, -0.15) is 0 Å². The van der Waals surface area contributed by atoms with Crippen molar-refractivity contribution >= 4 is 28.9 Å². The second-order valence-corrected chi connectivity index (χ2v) is 8.81. The number of ether oxygens (including phenoxy) is 1. The van der Waals surface area contributed by atoms with Gasteiger partial charge in [0.25, 0.3) is 0 Å². The van der Waals surface area contributed by atoms with E-state index in [1.807, 2.05) is 30.3 Å². The van der Waals surface area contributed by atoms with E-state index in [1.54, 1.807) is 11.1 Å². The molecule has 32 heavy (non-hydrogen) atoms. The number of hydrogen-bond acceptors (Lipinski definition) is 7. The fourth-order valence-electron chi connectivity index (χ4n) is 3.22. The van der Waals surface area contributed by atoms with E-state index in [-0.39, 0.29) is 19.1 Å². The number of anilines is 1. The quantitative estimate of drug-likeness (QED) is 0.220. The fraction of sp³-hybridized carbons (Fsp3) is 0.500. The van der Waals surface area contributed by atoms with Crippen molar-refractivity contribution in [1.29, 1.82) is 0 Å². The Hall–Kier alpha value is -2.42. The third kappa shape index (κ3) is 8.61. The number of nitrogens with zero attached hydrogens (tertiary/aromatic N) is 1. The normalized spacial score (nSPS) is 11.8. The number of aryl methyl sites for hydroxylation is 1. The summed E-state index contributed by atoms with van der Waals surface area (Å²) in [7, 11) is 0. The van der Waals surface area contributed by atoms with Crippen molar-refractivity contribution in [3.8, 4) is 0 Å². The van der Waals surface area contributed by atoms with Gasteiger partial charge in [0, 0.05) is 18.3 Å². The molecule has 1 aromatic heterocycles. The Balaban J connectivity index is 1.83. The van der Waals surface area contributed by atoms with Gasteiger partial charge in [-0.05, 0) is 49.1 Å². The molecule has 176 valence electrons. The molecule has 0 aliphatic carbocycles. The number of aliphatic hydroxyl groups excluding tert-OH is 2. The molecule has 1 atom stereocenters. The van der Waals surface area contributed by atoms with Gasteiger partial charge in [-0.3, -0.25) is 15.2 Å². The lowest BCUT2D eigenvalue weighted by Crippen LogP contribution is -2.35. The highest BCUT2D eigenvalue weighted by Crippen LogP contribution is 2.22. The van der Waals surface area contributed by atoms with Crippen LogP contribution in [0, 0.1) is 0 Å². The van der Waals surface area contributed by atoms with Crippen LogP contribution in [0.2, 0.25) is 0 Å². The van der Waals surface area contributed by atoms with Crippen molar-refractivity contribution in [2.24, 2.45) is 0 Å². The first-order valence-corrected chi connectivity index (χ1v) is 12.0. The van der Waals surface area contributed by atoms with E-state index in [0.717, 1.165) is 54.7 Å². The molecule has 3 N–H and O–H groups in total. The average Bonchev–Trinajstić information content (AvgIpc) is 3.26. The van der Waals surface area contributed by atoms with Crippen molar-refractivity contribution in [3.63, 3.8) is 0 Å². The van der Waals surface area contributed by atoms with Gasteiger partial charge >= 0.3 is 5.97 Å². The molecule has 0 radical (unpaired) electrons. The molecule has 0 aliphatic rings. The summed E-state index contributed by atoms with van der Waals surface area (Å²) in [6, 6.07) is 11.1. The predicted octanol–water partition coefficient (Wildman–Crippen LogP) is 4.32. The zero-order valence-electron chi connectivity index (χ0n) is 18.9. The maximum atomic E-state index is 12.1. The van der Waals surface area contributed by atoms with Gasteiger partial charge in [0.2, 0.25) is 5.91 Å². The maximum absolute atomic E-state index is 12.1. The summed E-state index contributed by atoms with van der Waals surface area (Å²) in [6.45, 7) is 3.96. The van der Waals surface area contributed by atoms with Crippen LogP contribution >= 0.6 is 11.3 Å². The Morgan fingerprint density at radius 3 is 2.53 bits per heavy atom. The number of thiophene rings is 1. The number of esters is 1. The van der Waals surface area contributed by atoms with Crippen molar-refractivity contribution in [1.82, 2.24) is 5.01 Å². The Morgan fingerprint density at radius 2 is 1.88 bits per heavy atom. The number of carbonyl (C=O) groups is 2. The van der Waals surface area contributed by atoms with Gasteiger partial charge in [0.15, 0.2) is 0 Å². The molecule has 7 nitrogen and oxygen atoms in total. The molecule has 0 saturated carbocycles. The molecule has 0 saturated heterocycles. The Labute approximate surface area is 194 Å². The molecule has 0 aliphatic heterocycles. The first kappa shape index (κ1) is 25.8. The minimum atomic E-state index is -0.462. The third-order valence-corrected chi connectivity index (χ3v) is 6.14. The van der Waals surface area contributed by atoms with Gasteiger partial charge in [-0.15, -0.1) is 11.3 Å². The molecular formula is C24H34N2O5S. The van der Waals surface area contributed by atoms with E-state index in [4.69, 9.17) is 9.84 Å². The molecular weight excluding hydrogens is 428 g/mol. The zero-order chi connectivity index (χ0) is 23.3. The largest absolute Gasteiger partial charge is 0.459 e. The fourth-order valence-corrected chi connectivity index (χ4v) is 4.17. The highest BCUT2D eigenvalue weighted by Gasteiger charge is 2.13. The summed E-state index contributed by atoms with van der Waals surface area (Å²) >= 11 is 1.36. The number of carbonyl (C=O) groups excluding carboxylic acids is 2. The van der Waals surface area contributed by atoms with Crippen molar-refractivity contribution in [3.05, 3.63) is 51.7 Å². The number of aliphatic hydroxyl groups is 2. The summed E-state index contributed by atoms with van der Waals surface area (Å²) in [4.78, 5) is 25.4. The first-order valence-electron chi connectivity index (χ1n) is 11.1. The SMILES string of the molecule is CCCCCC(O)c1ccc(NN(CCCc2ccc(C(=O)OCCO)s2)C(C)=O)cc1. The minimum absolute atomic E-state index is 0.00982. The van der Waals surface area contributed by atoms with Crippen LogP contribution in [-0.2, 0) is 16.0 Å². The van der Waals surface area contributed by atoms with Crippen LogP contribution in [-0.4, -0.2) is 46.9 Å². The number of benzene rings is 1. The van der Waals surface area contributed by atoms with Crippen LogP contribution in [0.25, 0.3) is 0 Å². The number of hydrogen-bond donors (Lipinski definition) is 3. The van der Waals surface area contributed by atoms with Gasteiger partial charge in [-0.1, -0.05) is 38.3 Å². The summed E-state index contributed by atoms with van der Waals surface area (Å²) < 4.78 is 4.92. The molecule has 1 aromatic carbocycles. The number of nitrogens with one attached hydrogen (secondary N) is 1. The van der Waals surface area contributed by atoms with E-state index in [1.165, 1.54) is 18.3 Å². The molecule has 1 amide bonds. The van der Waals surface area contributed by atoms with Gasteiger partial charge in [-0.25, -0.2) is 4.79 Å². The van der Waals surface area contributed by atoms with E-state index in [9.17, 15) is 14.7 Å². The molecule has 2 aromatic rings. The molecule has 0 fully saturated rings. The van der Waals surface area contributed by atoms with Crippen LogP contribution in [0.3, 0.4) is 0 Å². The van der Waals surface area contributed by atoms with E-state index in [2.05, 4.69) is 12.3 Å². The summed E-state index contributed by atoms with van der Waals surface area (Å²) in [6.07, 6.45) is 5.00.